The van der Waals surface area contributed by atoms with Gasteiger partial charge in [-0.15, -0.1) is 0 Å². The minimum Gasteiger partial charge on any atom is -0.478 e. The zero-order chi connectivity index (χ0) is 15.6. The molecule has 1 aliphatic rings. The van der Waals surface area contributed by atoms with Gasteiger partial charge in [0.15, 0.2) is 0 Å². The van der Waals surface area contributed by atoms with E-state index in [1.54, 1.807) is 0 Å². The monoisotopic (exact) mass is 317 g/mol. The molecule has 0 saturated heterocycles. The number of aliphatic carboxylic acids is 1. The van der Waals surface area contributed by atoms with Crippen molar-refractivity contribution in [2.45, 2.75) is 24.5 Å². The molecule has 114 valence electrons. The normalized spacial score (nSPS) is 19.0. The topological polar surface area (TPSA) is 83.5 Å². The average Bonchev–Trinajstić information content (AvgIpc) is 2.36. The highest BCUT2D eigenvalue weighted by atomic mass is 32.2. The maximum atomic E-state index is 13.1. The summed E-state index contributed by atoms with van der Waals surface area (Å²) >= 11 is 0. The highest BCUT2D eigenvalue weighted by molar-refractivity contribution is 7.93. The first-order chi connectivity index (χ1) is 9.79. The van der Waals surface area contributed by atoms with Gasteiger partial charge in [-0.25, -0.2) is 22.0 Å². The number of hydrogen-bond acceptors (Lipinski definition) is 3. The van der Waals surface area contributed by atoms with Gasteiger partial charge in [-0.05, 0) is 31.4 Å². The molecule has 1 aromatic rings. The van der Waals surface area contributed by atoms with Crippen molar-refractivity contribution in [1.29, 1.82) is 0 Å². The molecule has 1 aromatic carbocycles. The van der Waals surface area contributed by atoms with Crippen molar-refractivity contribution < 1.29 is 27.1 Å². The van der Waals surface area contributed by atoms with Gasteiger partial charge < -0.3 is 5.11 Å². The maximum absolute atomic E-state index is 13.1. The summed E-state index contributed by atoms with van der Waals surface area (Å²) in [5.41, 5.74) is -0.492. The third kappa shape index (κ3) is 3.57. The van der Waals surface area contributed by atoms with Crippen molar-refractivity contribution in [2.24, 2.45) is 0 Å². The molecule has 0 bridgehead atoms. The van der Waals surface area contributed by atoms with Crippen LogP contribution in [0, 0.1) is 11.6 Å². The fourth-order valence-electron chi connectivity index (χ4n) is 2.24. The van der Waals surface area contributed by atoms with E-state index in [-0.39, 0.29) is 17.7 Å². The molecule has 2 rings (SSSR count). The summed E-state index contributed by atoms with van der Waals surface area (Å²) in [4.78, 5) is 11.1. The van der Waals surface area contributed by atoms with Gasteiger partial charge in [-0.3, -0.25) is 4.72 Å². The van der Waals surface area contributed by atoms with E-state index in [9.17, 15) is 22.0 Å². The minimum absolute atomic E-state index is 0.144. The highest BCUT2D eigenvalue weighted by Crippen LogP contribution is 2.27. The molecule has 1 unspecified atom stereocenters. The van der Waals surface area contributed by atoms with Gasteiger partial charge in [0, 0.05) is 6.07 Å². The first kappa shape index (κ1) is 15.4. The molecule has 21 heavy (non-hydrogen) atoms. The molecule has 0 spiro atoms. The SMILES string of the molecule is O=C(O)C1=CCCCC1S(=O)(=O)Nc1cc(F)cc(F)c1. The Labute approximate surface area is 120 Å². The standard InChI is InChI=1S/C13H13F2NO4S/c14-8-5-9(15)7-10(6-8)16-21(19,20)12-4-2-1-3-11(12)13(17)18/h3,5-7,12,16H,1-2,4H2,(H,17,18). The number of allylic oxidation sites excluding steroid dienone is 1. The van der Waals surface area contributed by atoms with Gasteiger partial charge in [0.2, 0.25) is 10.0 Å². The number of carboxylic acid groups (broad SMARTS) is 1. The van der Waals surface area contributed by atoms with Gasteiger partial charge in [-0.1, -0.05) is 6.08 Å². The third-order valence-electron chi connectivity index (χ3n) is 3.13. The first-order valence-electron chi connectivity index (χ1n) is 6.20. The maximum Gasteiger partial charge on any atom is 0.332 e. The zero-order valence-electron chi connectivity index (χ0n) is 10.8. The van der Waals surface area contributed by atoms with Crippen molar-refractivity contribution in [3.05, 3.63) is 41.5 Å². The molecule has 0 saturated carbocycles. The number of carboxylic acids is 1. The van der Waals surface area contributed by atoms with Gasteiger partial charge >= 0.3 is 5.97 Å². The van der Waals surface area contributed by atoms with Crippen molar-refractivity contribution in [1.82, 2.24) is 0 Å². The lowest BCUT2D eigenvalue weighted by atomic mass is 9.99. The van der Waals surface area contributed by atoms with E-state index < -0.39 is 32.9 Å². The van der Waals surface area contributed by atoms with E-state index >= 15 is 0 Å². The second kappa shape index (κ2) is 5.80. The summed E-state index contributed by atoms with van der Waals surface area (Å²) in [6.45, 7) is 0. The number of sulfonamides is 1. The van der Waals surface area contributed by atoms with Crippen molar-refractivity contribution in [3.8, 4) is 0 Å². The Bertz CT molecular complexity index is 680. The van der Waals surface area contributed by atoms with E-state index in [0.717, 1.165) is 12.1 Å². The van der Waals surface area contributed by atoms with E-state index in [2.05, 4.69) is 0 Å². The van der Waals surface area contributed by atoms with Gasteiger partial charge in [0.1, 0.15) is 16.9 Å². The second-order valence-corrected chi connectivity index (χ2v) is 6.55. The Morgan fingerprint density at radius 2 is 1.86 bits per heavy atom. The number of hydrogen-bond donors (Lipinski definition) is 2. The number of rotatable bonds is 4. The van der Waals surface area contributed by atoms with Crippen LogP contribution >= 0.6 is 0 Å². The molecule has 1 atom stereocenters. The van der Waals surface area contributed by atoms with Crippen LogP contribution in [0.25, 0.3) is 0 Å². The van der Waals surface area contributed by atoms with E-state index in [4.69, 9.17) is 5.11 Å². The van der Waals surface area contributed by atoms with Crippen molar-refractivity contribution in [3.63, 3.8) is 0 Å². The summed E-state index contributed by atoms with van der Waals surface area (Å²) in [5.74, 6) is -3.16. The van der Waals surface area contributed by atoms with Crippen LogP contribution in [0.3, 0.4) is 0 Å². The fraction of sp³-hybridized carbons (Fsp3) is 0.308. The lowest BCUT2D eigenvalue weighted by Crippen LogP contribution is -2.34. The largest absolute Gasteiger partial charge is 0.478 e. The van der Waals surface area contributed by atoms with Crippen LogP contribution in [-0.2, 0) is 14.8 Å². The van der Waals surface area contributed by atoms with Gasteiger partial charge in [0.05, 0.1) is 11.3 Å². The molecule has 1 aliphatic carbocycles. The Morgan fingerprint density at radius 1 is 1.24 bits per heavy atom. The second-order valence-electron chi connectivity index (χ2n) is 4.69. The van der Waals surface area contributed by atoms with Gasteiger partial charge in [0.25, 0.3) is 0 Å². The molecule has 0 radical (unpaired) electrons. The van der Waals surface area contributed by atoms with Crippen LogP contribution in [0.5, 0.6) is 0 Å². The molecule has 0 aliphatic heterocycles. The number of nitrogens with one attached hydrogen (secondary N) is 1. The van der Waals surface area contributed by atoms with Crippen molar-refractivity contribution in [2.75, 3.05) is 4.72 Å². The van der Waals surface area contributed by atoms with Crippen molar-refractivity contribution >= 4 is 21.7 Å². The summed E-state index contributed by atoms with van der Waals surface area (Å²) in [6, 6.07) is 2.27. The highest BCUT2D eigenvalue weighted by Gasteiger charge is 2.34. The smallest absolute Gasteiger partial charge is 0.332 e. The summed E-state index contributed by atoms with van der Waals surface area (Å²) in [6.07, 6.45) is 2.52. The first-order valence-corrected chi connectivity index (χ1v) is 7.75. The van der Waals surface area contributed by atoms with Crippen LogP contribution in [-0.4, -0.2) is 24.7 Å². The lowest BCUT2D eigenvalue weighted by Gasteiger charge is -2.22. The van der Waals surface area contributed by atoms with Crippen LogP contribution in [0.2, 0.25) is 0 Å². The predicted octanol–water partition coefficient (Wildman–Crippen LogP) is 2.27. The molecule has 8 heteroatoms. The zero-order valence-corrected chi connectivity index (χ0v) is 11.7. The number of anilines is 1. The van der Waals surface area contributed by atoms with E-state index in [1.807, 2.05) is 4.72 Å². The molecular formula is C13H13F2NO4S. The molecule has 0 heterocycles. The fourth-order valence-corrected chi connectivity index (χ4v) is 3.84. The number of halogens is 2. The molecule has 5 nitrogen and oxygen atoms in total. The Hall–Kier alpha value is -1.96. The lowest BCUT2D eigenvalue weighted by molar-refractivity contribution is -0.132. The predicted molar refractivity (Wildman–Crippen MR) is 72.3 cm³/mol. The quantitative estimate of drug-likeness (QED) is 0.892. The minimum atomic E-state index is -4.10. The number of carbonyl (C=O) groups is 1. The molecule has 2 N–H and O–H groups in total. The molecule has 0 fully saturated rings. The molecular weight excluding hydrogens is 304 g/mol. The van der Waals surface area contributed by atoms with Crippen LogP contribution in [0.4, 0.5) is 14.5 Å². The molecule has 0 aromatic heterocycles. The van der Waals surface area contributed by atoms with Crippen LogP contribution in [0.15, 0.2) is 29.8 Å². The third-order valence-corrected chi connectivity index (χ3v) is 4.88. The molecule has 0 amide bonds. The summed E-state index contributed by atoms with van der Waals surface area (Å²) in [7, 11) is -4.10. The average molecular weight is 317 g/mol. The van der Waals surface area contributed by atoms with E-state index in [1.165, 1.54) is 6.08 Å². The van der Waals surface area contributed by atoms with Crippen LogP contribution in [0.1, 0.15) is 19.3 Å². The summed E-state index contributed by atoms with van der Waals surface area (Å²) in [5, 5.41) is 7.81. The Morgan fingerprint density at radius 3 is 2.43 bits per heavy atom. The Kier molecular flexibility index (Phi) is 4.26. The Balaban J connectivity index is 2.31. The summed E-state index contributed by atoms with van der Waals surface area (Å²) < 4.78 is 52.6. The van der Waals surface area contributed by atoms with Gasteiger partial charge in [-0.2, -0.15) is 0 Å². The van der Waals surface area contributed by atoms with Crippen LogP contribution < -0.4 is 4.72 Å². The number of benzene rings is 1. The van der Waals surface area contributed by atoms with E-state index in [0.29, 0.717) is 18.9 Å².